The van der Waals surface area contributed by atoms with Crippen molar-refractivity contribution in [2.75, 3.05) is 18.0 Å². The molecule has 2 N–H and O–H groups in total. The van der Waals surface area contributed by atoms with Gasteiger partial charge in [-0.3, -0.25) is 4.79 Å². The normalized spacial score (nSPS) is 9.83. The molecule has 1 amide bonds. The van der Waals surface area contributed by atoms with Crippen LogP contribution in [0.4, 0.5) is 10.1 Å². The molecule has 5 heteroatoms. The maximum atomic E-state index is 13.3. The average Bonchev–Trinajstić information content (AvgIpc) is 2.33. The van der Waals surface area contributed by atoms with E-state index < -0.39 is 11.7 Å². The summed E-state index contributed by atoms with van der Waals surface area (Å²) >= 11 is 0. The minimum atomic E-state index is -0.491. The third-order valence-electron chi connectivity index (χ3n) is 2.51. The predicted octanol–water partition coefficient (Wildman–Crippen LogP) is 1.79. The van der Waals surface area contributed by atoms with Crippen molar-refractivity contribution in [1.29, 1.82) is 5.26 Å². The number of carbonyl (C=O) groups excluding carboxylic acids is 1. The molecule has 1 aromatic rings. The Labute approximate surface area is 106 Å². The average molecular weight is 249 g/mol. The molecule has 0 aromatic heterocycles. The highest BCUT2D eigenvalue weighted by atomic mass is 19.1. The van der Waals surface area contributed by atoms with Crippen molar-refractivity contribution in [2.45, 2.75) is 19.8 Å². The van der Waals surface area contributed by atoms with Crippen molar-refractivity contribution in [3.8, 4) is 6.07 Å². The monoisotopic (exact) mass is 249 g/mol. The highest BCUT2D eigenvalue weighted by Gasteiger charge is 2.11. The summed E-state index contributed by atoms with van der Waals surface area (Å²) in [6, 6.07) is 5.91. The molecule has 0 saturated carbocycles. The zero-order valence-electron chi connectivity index (χ0n) is 10.3. The van der Waals surface area contributed by atoms with Gasteiger partial charge in [-0.25, -0.2) is 4.39 Å². The van der Waals surface area contributed by atoms with Crippen LogP contribution < -0.4 is 10.6 Å². The smallest absolute Gasteiger partial charge is 0.236 e. The Balaban J connectivity index is 2.99. The molecule has 0 atom stereocenters. The fourth-order valence-corrected chi connectivity index (χ4v) is 1.66. The van der Waals surface area contributed by atoms with Crippen LogP contribution in [0.5, 0.6) is 0 Å². The Hall–Kier alpha value is -2.09. The SMILES string of the molecule is CCCCN(CC(N)=O)c1cc(F)cc(C#N)c1. The fourth-order valence-electron chi connectivity index (χ4n) is 1.66. The van der Waals surface area contributed by atoms with Crippen LogP contribution in [0.3, 0.4) is 0 Å². The largest absolute Gasteiger partial charge is 0.368 e. The number of unbranched alkanes of at least 4 members (excludes halogenated alkanes) is 1. The molecular formula is C13H16FN3O. The van der Waals surface area contributed by atoms with Crippen LogP contribution in [0.1, 0.15) is 25.3 Å². The molecule has 0 aliphatic carbocycles. The molecule has 0 bridgehead atoms. The molecule has 4 nitrogen and oxygen atoms in total. The Morgan fingerprint density at radius 3 is 2.78 bits per heavy atom. The topological polar surface area (TPSA) is 70.1 Å². The number of benzene rings is 1. The van der Waals surface area contributed by atoms with Gasteiger partial charge in [-0.2, -0.15) is 5.26 Å². The van der Waals surface area contributed by atoms with E-state index in [2.05, 4.69) is 0 Å². The van der Waals surface area contributed by atoms with E-state index in [0.717, 1.165) is 18.9 Å². The number of nitrogens with two attached hydrogens (primary N) is 1. The van der Waals surface area contributed by atoms with Gasteiger partial charge in [0, 0.05) is 12.2 Å². The van der Waals surface area contributed by atoms with Crippen LogP contribution in [0, 0.1) is 17.1 Å². The zero-order chi connectivity index (χ0) is 13.5. The van der Waals surface area contributed by atoms with E-state index in [1.165, 1.54) is 6.07 Å². The third kappa shape index (κ3) is 4.06. The lowest BCUT2D eigenvalue weighted by molar-refractivity contribution is -0.116. The second kappa shape index (κ2) is 6.60. The first-order chi connectivity index (χ1) is 8.56. The van der Waals surface area contributed by atoms with Gasteiger partial charge >= 0.3 is 0 Å². The Kier molecular flexibility index (Phi) is 5.12. The molecule has 1 rings (SSSR count). The second-order valence-electron chi connectivity index (χ2n) is 4.05. The van der Waals surface area contributed by atoms with Crippen molar-refractivity contribution in [3.63, 3.8) is 0 Å². The summed E-state index contributed by atoms with van der Waals surface area (Å²) < 4.78 is 13.3. The highest BCUT2D eigenvalue weighted by molar-refractivity contribution is 5.79. The van der Waals surface area contributed by atoms with Crippen LogP contribution >= 0.6 is 0 Å². The maximum Gasteiger partial charge on any atom is 0.236 e. The molecule has 0 unspecified atom stereocenters. The lowest BCUT2D eigenvalue weighted by atomic mass is 10.2. The summed E-state index contributed by atoms with van der Waals surface area (Å²) in [4.78, 5) is 12.7. The molecule has 0 aliphatic heterocycles. The molecule has 0 aliphatic rings. The number of rotatable bonds is 6. The van der Waals surface area contributed by atoms with Crippen LogP contribution in [0.2, 0.25) is 0 Å². The summed E-state index contributed by atoms with van der Waals surface area (Å²) in [7, 11) is 0. The van der Waals surface area contributed by atoms with Crippen molar-refractivity contribution < 1.29 is 9.18 Å². The summed E-state index contributed by atoms with van der Waals surface area (Å²) in [5.41, 5.74) is 5.92. The van der Waals surface area contributed by atoms with Gasteiger partial charge < -0.3 is 10.6 Å². The van der Waals surface area contributed by atoms with E-state index in [0.29, 0.717) is 12.2 Å². The van der Waals surface area contributed by atoms with Crippen molar-refractivity contribution >= 4 is 11.6 Å². The number of carbonyl (C=O) groups is 1. The van der Waals surface area contributed by atoms with Gasteiger partial charge in [-0.05, 0) is 24.6 Å². The lowest BCUT2D eigenvalue weighted by Gasteiger charge is -2.23. The van der Waals surface area contributed by atoms with Gasteiger partial charge in [0.05, 0.1) is 18.2 Å². The van der Waals surface area contributed by atoms with E-state index in [4.69, 9.17) is 11.0 Å². The molecule has 0 fully saturated rings. The van der Waals surface area contributed by atoms with Gasteiger partial charge in [-0.1, -0.05) is 13.3 Å². The van der Waals surface area contributed by atoms with E-state index in [-0.39, 0.29) is 12.1 Å². The first-order valence-electron chi connectivity index (χ1n) is 5.80. The predicted molar refractivity (Wildman–Crippen MR) is 67.4 cm³/mol. The van der Waals surface area contributed by atoms with E-state index >= 15 is 0 Å². The summed E-state index contributed by atoms with van der Waals surface area (Å²) in [5, 5.41) is 8.80. The molecule has 0 heterocycles. The Morgan fingerprint density at radius 1 is 1.50 bits per heavy atom. The highest BCUT2D eigenvalue weighted by Crippen LogP contribution is 2.18. The first-order valence-corrected chi connectivity index (χ1v) is 5.80. The number of hydrogen-bond donors (Lipinski definition) is 1. The molecule has 1 aromatic carbocycles. The van der Waals surface area contributed by atoms with Gasteiger partial charge in [0.1, 0.15) is 5.82 Å². The number of primary amides is 1. The van der Waals surface area contributed by atoms with Crippen LogP contribution in [-0.2, 0) is 4.79 Å². The summed E-state index contributed by atoms with van der Waals surface area (Å²) in [6.45, 7) is 2.65. The molecule has 96 valence electrons. The van der Waals surface area contributed by atoms with Gasteiger partial charge in [0.25, 0.3) is 0 Å². The minimum Gasteiger partial charge on any atom is -0.368 e. The number of hydrogen-bond acceptors (Lipinski definition) is 3. The van der Waals surface area contributed by atoms with Crippen LogP contribution in [0.25, 0.3) is 0 Å². The quantitative estimate of drug-likeness (QED) is 0.835. The van der Waals surface area contributed by atoms with Gasteiger partial charge in [0.2, 0.25) is 5.91 Å². The standard InChI is InChI=1S/C13H16FN3O/c1-2-3-4-17(9-13(16)18)12-6-10(8-15)5-11(14)7-12/h5-7H,2-4,9H2,1H3,(H2,16,18). The lowest BCUT2D eigenvalue weighted by Crippen LogP contribution is -2.34. The van der Waals surface area contributed by atoms with Crippen molar-refractivity contribution in [2.24, 2.45) is 5.73 Å². The van der Waals surface area contributed by atoms with E-state index in [1.807, 2.05) is 13.0 Å². The molecule has 0 saturated heterocycles. The Bertz CT molecular complexity index is 468. The zero-order valence-corrected chi connectivity index (χ0v) is 10.3. The number of nitrogens with zero attached hydrogens (tertiary/aromatic N) is 2. The molecule has 0 spiro atoms. The third-order valence-corrected chi connectivity index (χ3v) is 2.51. The van der Waals surface area contributed by atoms with E-state index in [1.54, 1.807) is 11.0 Å². The van der Waals surface area contributed by atoms with Crippen molar-refractivity contribution in [1.82, 2.24) is 0 Å². The van der Waals surface area contributed by atoms with Gasteiger partial charge in [-0.15, -0.1) is 0 Å². The number of nitriles is 1. The van der Waals surface area contributed by atoms with Crippen LogP contribution in [-0.4, -0.2) is 19.0 Å². The summed E-state index contributed by atoms with van der Waals surface area (Å²) in [5.74, 6) is -0.969. The van der Waals surface area contributed by atoms with E-state index in [9.17, 15) is 9.18 Å². The minimum absolute atomic E-state index is 0.0221. The molecule has 0 radical (unpaired) electrons. The number of amides is 1. The van der Waals surface area contributed by atoms with Crippen molar-refractivity contribution in [3.05, 3.63) is 29.6 Å². The number of anilines is 1. The number of halogens is 1. The Morgan fingerprint density at radius 2 is 2.22 bits per heavy atom. The maximum absolute atomic E-state index is 13.3. The molecular weight excluding hydrogens is 233 g/mol. The first kappa shape index (κ1) is 14.0. The fraction of sp³-hybridized carbons (Fsp3) is 0.385. The van der Waals surface area contributed by atoms with Gasteiger partial charge in [0.15, 0.2) is 0 Å². The van der Waals surface area contributed by atoms with Crippen LogP contribution in [0.15, 0.2) is 18.2 Å². The molecule has 18 heavy (non-hydrogen) atoms. The summed E-state index contributed by atoms with van der Waals surface area (Å²) in [6.07, 6.45) is 1.82. The second-order valence-corrected chi connectivity index (χ2v) is 4.05.